The van der Waals surface area contributed by atoms with Crippen LogP contribution in [0.2, 0.25) is 0 Å². The number of oxazole rings is 1. The summed E-state index contributed by atoms with van der Waals surface area (Å²) in [5.74, 6) is 1.11. The SMILES string of the molecule is N#Cc1ccc(NCC(=O)N2CCC(c3nc4ccccc4o3)CC2)cc1. The number of carbonyl (C=O) groups is 1. The van der Waals surface area contributed by atoms with E-state index in [-0.39, 0.29) is 18.4 Å². The van der Waals surface area contributed by atoms with Crippen LogP contribution in [0.3, 0.4) is 0 Å². The summed E-state index contributed by atoms with van der Waals surface area (Å²) >= 11 is 0. The Morgan fingerprint density at radius 3 is 2.63 bits per heavy atom. The number of fused-ring (bicyclic) bond motifs is 1. The van der Waals surface area contributed by atoms with Crippen molar-refractivity contribution in [2.45, 2.75) is 18.8 Å². The molecule has 1 aromatic heterocycles. The normalized spacial score (nSPS) is 14.9. The standard InChI is InChI=1S/C21H20N4O2/c22-13-15-5-7-17(8-6-15)23-14-20(26)25-11-9-16(10-12-25)21-24-18-3-1-2-4-19(18)27-21/h1-8,16,23H,9-12,14H2. The molecule has 27 heavy (non-hydrogen) atoms. The van der Waals surface area contributed by atoms with Gasteiger partial charge in [-0.2, -0.15) is 5.26 Å². The lowest BCUT2D eigenvalue weighted by Gasteiger charge is -2.30. The lowest BCUT2D eigenvalue weighted by molar-refractivity contribution is -0.130. The van der Waals surface area contributed by atoms with Gasteiger partial charge in [-0.25, -0.2) is 4.98 Å². The summed E-state index contributed by atoms with van der Waals surface area (Å²) in [4.78, 5) is 18.9. The van der Waals surface area contributed by atoms with Gasteiger partial charge in [0.2, 0.25) is 5.91 Å². The number of piperidine rings is 1. The van der Waals surface area contributed by atoms with Crippen molar-refractivity contribution in [3.8, 4) is 6.07 Å². The van der Waals surface area contributed by atoms with Crippen LogP contribution in [-0.2, 0) is 4.79 Å². The maximum atomic E-state index is 12.5. The summed E-state index contributed by atoms with van der Waals surface area (Å²) in [6.45, 7) is 1.66. The summed E-state index contributed by atoms with van der Waals surface area (Å²) in [5.41, 5.74) is 3.15. The molecule has 0 bridgehead atoms. The van der Waals surface area contributed by atoms with Crippen LogP contribution in [-0.4, -0.2) is 35.4 Å². The number of nitrogens with one attached hydrogen (secondary N) is 1. The Morgan fingerprint density at radius 1 is 1.19 bits per heavy atom. The van der Waals surface area contributed by atoms with E-state index in [0.717, 1.165) is 35.5 Å². The van der Waals surface area contributed by atoms with Gasteiger partial charge in [-0.3, -0.25) is 4.79 Å². The van der Waals surface area contributed by atoms with Gasteiger partial charge >= 0.3 is 0 Å². The molecule has 2 aromatic carbocycles. The molecule has 1 N–H and O–H groups in total. The number of amides is 1. The van der Waals surface area contributed by atoms with Crippen molar-refractivity contribution < 1.29 is 9.21 Å². The highest BCUT2D eigenvalue weighted by molar-refractivity contribution is 5.81. The lowest BCUT2D eigenvalue weighted by atomic mass is 9.97. The van der Waals surface area contributed by atoms with Gasteiger partial charge in [-0.05, 0) is 49.2 Å². The minimum Gasteiger partial charge on any atom is -0.440 e. The number of anilines is 1. The third kappa shape index (κ3) is 3.77. The third-order valence-corrected chi connectivity index (χ3v) is 4.97. The smallest absolute Gasteiger partial charge is 0.241 e. The number of hydrogen-bond donors (Lipinski definition) is 1. The molecule has 1 saturated heterocycles. The highest BCUT2D eigenvalue weighted by Crippen LogP contribution is 2.29. The Morgan fingerprint density at radius 2 is 1.93 bits per heavy atom. The molecule has 0 spiro atoms. The number of aromatic nitrogens is 1. The minimum atomic E-state index is 0.0791. The summed E-state index contributed by atoms with van der Waals surface area (Å²) in [6.07, 6.45) is 1.71. The van der Waals surface area contributed by atoms with E-state index in [1.165, 1.54) is 0 Å². The molecule has 0 unspecified atom stereocenters. The first-order valence-electron chi connectivity index (χ1n) is 9.10. The zero-order valence-electron chi connectivity index (χ0n) is 14.9. The zero-order chi connectivity index (χ0) is 18.6. The number of benzene rings is 2. The van der Waals surface area contributed by atoms with E-state index in [0.29, 0.717) is 18.7 Å². The fourth-order valence-corrected chi connectivity index (χ4v) is 3.39. The van der Waals surface area contributed by atoms with E-state index in [4.69, 9.17) is 9.68 Å². The van der Waals surface area contributed by atoms with Gasteiger partial charge in [0.1, 0.15) is 5.52 Å². The largest absolute Gasteiger partial charge is 0.440 e. The van der Waals surface area contributed by atoms with E-state index < -0.39 is 0 Å². The van der Waals surface area contributed by atoms with E-state index in [9.17, 15) is 4.79 Å². The number of likely N-dealkylation sites (tertiary alicyclic amines) is 1. The molecular weight excluding hydrogens is 340 g/mol. The number of para-hydroxylation sites is 2. The molecule has 6 nitrogen and oxygen atoms in total. The summed E-state index contributed by atoms with van der Waals surface area (Å²) in [5, 5.41) is 11.9. The first-order valence-corrected chi connectivity index (χ1v) is 9.10. The van der Waals surface area contributed by atoms with Gasteiger partial charge in [-0.1, -0.05) is 12.1 Å². The quantitative estimate of drug-likeness (QED) is 0.770. The Kier molecular flexibility index (Phi) is 4.75. The predicted molar refractivity (Wildman–Crippen MR) is 102 cm³/mol. The molecular formula is C21H20N4O2. The van der Waals surface area contributed by atoms with Crippen molar-refractivity contribution in [1.82, 2.24) is 9.88 Å². The van der Waals surface area contributed by atoms with Crippen LogP contribution in [0.15, 0.2) is 52.9 Å². The van der Waals surface area contributed by atoms with Crippen LogP contribution in [0.1, 0.15) is 30.2 Å². The van der Waals surface area contributed by atoms with Crippen LogP contribution in [0.5, 0.6) is 0 Å². The van der Waals surface area contributed by atoms with Crippen molar-refractivity contribution in [3.63, 3.8) is 0 Å². The summed E-state index contributed by atoms with van der Waals surface area (Å²) in [7, 11) is 0. The van der Waals surface area contributed by atoms with Crippen LogP contribution in [0, 0.1) is 11.3 Å². The number of nitrogens with zero attached hydrogens (tertiary/aromatic N) is 3. The van der Waals surface area contributed by atoms with Gasteiger partial charge in [0.05, 0.1) is 18.2 Å². The second-order valence-corrected chi connectivity index (χ2v) is 6.72. The Hall–Kier alpha value is -3.33. The van der Waals surface area contributed by atoms with Crippen LogP contribution in [0.25, 0.3) is 11.1 Å². The fourth-order valence-electron chi connectivity index (χ4n) is 3.39. The molecule has 0 saturated carbocycles. The monoisotopic (exact) mass is 360 g/mol. The highest BCUT2D eigenvalue weighted by Gasteiger charge is 2.26. The molecule has 1 amide bonds. The molecule has 1 aliphatic rings. The number of carbonyl (C=O) groups excluding carboxylic acids is 1. The topological polar surface area (TPSA) is 82.2 Å². The summed E-state index contributed by atoms with van der Waals surface area (Å²) in [6, 6.07) is 17.0. The van der Waals surface area contributed by atoms with Gasteiger partial charge in [0.15, 0.2) is 11.5 Å². The van der Waals surface area contributed by atoms with Crippen molar-refractivity contribution >= 4 is 22.7 Å². The summed E-state index contributed by atoms with van der Waals surface area (Å²) < 4.78 is 5.88. The Balaban J connectivity index is 1.30. The average molecular weight is 360 g/mol. The van der Waals surface area contributed by atoms with E-state index in [2.05, 4.69) is 16.4 Å². The zero-order valence-corrected chi connectivity index (χ0v) is 14.9. The molecule has 0 atom stereocenters. The molecule has 136 valence electrons. The van der Waals surface area contributed by atoms with E-state index in [1.807, 2.05) is 41.3 Å². The Labute approximate surface area is 157 Å². The second-order valence-electron chi connectivity index (χ2n) is 6.72. The third-order valence-electron chi connectivity index (χ3n) is 4.97. The first kappa shape index (κ1) is 17.1. The van der Waals surface area contributed by atoms with Gasteiger partial charge in [-0.15, -0.1) is 0 Å². The maximum absolute atomic E-state index is 12.5. The van der Waals surface area contributed by atoms with Crippen molar-refractivity contribution in [2.24, 2.45) is 0 Å². The molecule has 0 aliphatic carbocycles. The van der Waals surface area contributed by atoms with Crippen molar-refractivity contribution in [1.29, 1.82) is 5.26 Å². The first-order chi connectivity index (χ1) is 13.2. The molecule has 3 aromatic rings. The van der Waals surface area contributed by atoms with Crippen molar-refractivity contribution in [2.75, 3.05) is 25.0 Å². The van der Waals surface area contributed by atoms with E-state index in [1.54, 1.807) is 12.1 Å². The van der Waals surface area contributed by atoms with Gasteiger partial charge < -0.3 is 14.6 Å². The lowest BCUT2D eigenvalue weighted by Crippen LogP contribution is -2.40. The van der Waals surface area contributed by atoms with Crippen molar-refractivity contribution in [3.05, 3.63) is 60.0 Å². The van der Waals surface area contributed by atoms with E-state index >= 15 is 0 Å². The molecule has 1 fully saturated rings. The minimum absolute atomic E-state index is 0.0791. The molecule has 2 heterocycles. The maximum Gasteiger partial charge on any atom is 0.241 e. The molecule has 1 aliphatic heterocycles. The predicted octanol–water partition coefficient (Wildman–Crippen LogP) is 3.52. The van der Waals surface area contributed by atoms with Crippen LogP contribution in [0.4, 0.5) is 5.69 Å². The molecule has 4 rings (SSSR count). The van der Waals surface area contributed by atoms with Gasteiger partial charge in [0.25, 0.3) is 0 Å². The number of nitriles is 1. The molecule has 0 radical (unpaired) electrons. The average Bonchev–Trinajstić information content (AvgIpc) is 3.17. The number of hydrogen-bond acceptors (Lipinski definition) is 5. The Bertz CT molecular complexity index is 946. The molecule has 6 heteroatoms. The second kappa shape index (κ2) is 7.50. The van der Waals surface area contributed by atoms with Crippen LogP contribution >= 0.6 is 0 Å². The highest BCUT2D eigenvalue weighted by atomic mass is 16.3. The van der Waals surface area contributed by atoms with Gasteiger partial charge in [0, 0.05) is 24.7 Å². The fraction of sp³-hybridized carbons (Fsp3) is 0.286. The van der Waals surface area contributed by atoms with Crippen LogP contribution < -0.4 is 5.32 Å². The number of rotatable bonds is 4.